The lowest BCUT2D eigenvalue weighted by atomic mass is 10.3. The highest BCUT2D eigenvalue weighted by Crippen LogP contribution is 1.82. The van der Waals surface area contributed by atoms with Gasteiger partial charge in [0.15, 0.2) is 0 Å². The van der Waals surface area contributed by atoms with Crippen LogP contribution in [0, 0.1) is 0 Å². The summed E-state index contributed by atoms with van der Waals surface area (Å²) in [6, 6.07) is 0. The van der Waals surface area contributed by atoms with Crippen LogP contribution in [0.25, 0.3) is 0 Å². The highest BCUT2D eigenvalue weighted by atomic mass is 16.2. The first-order valence-electron chi connectivity index (χ1n) is 4.61. The van der Waals surface area contributed by atoms with Gasteiger partial charge in [-0.05, 0) is 0 Å². The third kappa shape index (κ3) is 10.9. The van der Waals surface area contributed by atoms with Crippen LogP contribution in [0.1, 0.15) is 12.8 Å². The van der Waals surface area contributed by atoms with Gasteiger partial charge >= 0.3 is 0 Å². The van der Waals surface area contributed by atoms with Crippen molar-refractivity contribution in [1.82, 2.24) is 10.6 Å². The van der Waals surface area contributed by atoms with Crippen molar-refractivity contribution in [3.63, 3.8) is 0 Å². The molecule has 2 amide bonds. The second-order valence-corrected chi connectivity index (χ2v) is 2.93. The minimum absolute atomic E-state index is 0.0509. The summed E-state index contributed by atoms with van der Waals surface area (Å²) in [7, 11) is 0. The van der Waals surface area contributed by atoms with Crippen molar-refractivity contribution in [1.29, 1.82) is 0 Å². The van der Waals surface area contributed by atoms with Crippen molar-refractivity contribution in [2.24, 2.45) is 11.5 Å². The van der Waals surface area contributed by atoms with Gasteiger partial charge in [-0.25, -0.2) is 0 Å². The van der Waals surface area contributed by atoms with Crippen LogP contribution < -0.4 is 22.1 Å². The molecule has 0 radical (unpaired) electrons. The number of nitrogens with one attached hydrogen (secondary N) is 2. The fraction of sp³-hybridized carbons (Fsp3) is 0.750. The summed E-state index contributed by atoms with van der Waals surface area (Å²) >= 11 is 0. The summed E-state index contributed by atoms with van der Waals surface area (Å²) in [6.07, 6.45) is 0.102. The van der Waals surface area contributed by atoms with Crippen molar-refractivity contribution >= 4 is 11.8 Å². The first-order chi connectivity index (χ1) is 6.63. The standard InChI is InChI=1S/C4H8N2O2.C4H10N2/c5-3(7)1-2-4(6)8;1-2-6-4-3-5-1/h1-2H2,(H2,5,7)(H2,6,8);5-6H,1-4H2. The second-order valence-electron chi connectivity index (χ2n) is 2.93. The van der Waals surface area contributed by atoms with Gasteiger partial charge in [0.05, 0.1) is 0 Å². The third-order valence-electron chi connectivity index (χ3n) is 1.57. The number of rotatable bonds is 3. The van der Waals surface area contributed by atoms with Gasteiger partial charge < -0.3 is 22.1 Å². The van der Waals surface area contributed by atoms with Crippen molar-refractivity contribution in [2.75, 3.05) is 26.2 Å². The van der Waals surface area contributed by atoms with Gasteiger partial charge in [0, 0.05) is 39.0 Å². The molecule has 0 bridgehead atoms. The second kappa shape index (κ2) is 8.46. The number of carbonyl (C=O) groups excluding carboxylic acids is 2. The topological polar surface area (TPSA) is 110 Å². The smallest absolute Gasteiger partial charge is 0.217 e. The minimum atomic E-state index is -0.496. The van der Waals surface area contributed by atoms with E-state index in [9.17, 15) is 9.59 Å². The van der Waals surface area contributed by atoms with Crippen LogP contribution in [0.5, 0.6) is 0 Å². The number of carbonyl (C=O) groups is 2. The van der Waals surface area contributed by atoms with Crippen LogP contribution in [0.2, 0.25) is 0 Å². The lowest BCUT2D eigenvalue weighted by Gasteiger charge is -2.11. The van der Waals surface area contributed by atoms with Gasteiger partial charge in [0.2, 0.25) is 11.8 Å². The highest BCUT2D eigenvalue weighted by Gasteiger charge is 1.96. The molecule has 6 heteroatoms. The van der Waals surface area contributed by atoms with Crippen LogP contribution in [0.4, 0.5) is 0 Å². The predicted octanol–water partition coefficient (Wildman–Crippen LogP) is -2.08. The zero-order valence-corrected chi connectivity index (χ0v) is 8.21. The molecule has 6 nitrogen and oxygen atoms in total. The lowest BCUT2D eigenvalue weighted by molar-refractivity contribution is -0.123. The van der Waals surface area contributed by atoms with E-state index in [1.54, 1.807) is 0 Å². The number of amides is 2. The fourth-order valence-electron chi connectivity index (χ4n) is 0.850. The molecule has 82 valence electrons. The molecule has 1 heterocycles. The molecular weight excluding hydrogens is 184 g/mol. The maximum absolute atomic E-state index is 9.92. The van der Waals surface area contributed by atoms with Crippen molar-refractivity contribution in [3.8, 4) is 0 Å². The number of primary amides is 2. The first kappa shape index (κ1) is 12.9. The van der Waals surface area contributed by atoms with E-state index < -0.39 is 11.8 Å². The van der Waals surface area contributed by atoms with Crippen LogP contribution in [-0.2, 0) is 9.59 Å². The molecule has 0 aromatic heterocycles. The Bertz CT molecular complexity index is 155. The lowest BCUT2D eigenvalue weighted by Crippen LogP contribution is -2.39. The zero-order valence-electron chi connectivity index (χ0n) is 8.21. The molecular formula is C8H18N4O2. The summed E-state index contributed by atoms with van der Waals surface area (Å²) in [5.74, 6) is -0.993. The van der Waals surface area contributed by atoms with Gasteiger partial charge in [-0.3, -0.25) is 9.59 Å². The number of hydrogen-bond acceptors (Lipinski definition) is 4. The molecule has 1 aliphatic heterocycles. The molecule has 1 rings (SSSR count). The van der Waals surface area contributed by atoms with Crippen LogP contribution in [0.3, 0.4) is 0 Å². The van der Waals surface area contributed by atoms with Crippen molar-refractivity contribution in [2.45, 2.75) is 12.8 Å². The summed E-state index contributed by atoms with van der Waals surface area (Å²) in [5, 5.41) is 6.44. The molecule has 6 N–H and O–H groups in total. The fourth-order valence-corrected chi connectivity index (χ4v) is 0.850. The molecule has 1 saturated heterocycles. The Morgan fingerprint density at radius 3 is 1.29 bits per heavy atom. The number of nitrogens with two attached hydrogens (primary N) is 2. The molecule has 0 aromatic rings. The molecule has 0 saturated carbocycles. The van der Waals surface area contributed by atoms with Crippen molar-refractivity contribution in [3.05, 3.63) is 0 Å². The van der Waals surface area contributed by atoms with E-state index in [-0.39, 0.29) is 12.8 Å². The molecule has 1 aliphatic rings. The van der Waals surface area contributed by atoms with E-state index in [0.29, 0.717) is 0 Å². The summed E-state index contributed by atoms with van der Waals surface area (Å²) in [5.41, 5.74) is 9.39. The van der Waals surface area contributed by atoms with Crippen LogP contribution in [-0.4, -0.2) is 38.0 Å². The molecule has 0 aromatic carbocycles. The minimum Gasteiger partial charge on any atom is -0.370 e. The summed E-state index contributed by atoms with van der Waals surface area (Å²) < 4.78 is 0. The summed E-state index contributed by atoms with van der Waals surface area (Å²) in [4.78, 5) is 19.8. The van der Waals surface area contributed by atoms with Crippen LogP contribution >= 0.6 is 0 Å². The summed E-state index contributed by atoms with van der Waals surface area (Å²) in [6.45, 7) is 4.56. The van der Waals surface area contributed by atoms with Gasteiger partial charge in [-0.2, -0.15) is 0 Å². The largest absolute Gasteiger partial charge is 0.370 e. The normalized spacial score (nSPS) is 15.1. The molecule has 0 spiro atoms. The maximum atomic E-state index is 9.92. The van der Waals surface area contributed by atoms with Gasteiger partial charge in [-0.1, -0.05) is 0 Å². The first-order valence-corrected chi connectivity index (χ1v) is 4.61. The van der Waals surface area contributed by atoms with E-state index in [1.165, 1.54) is 0 Å². The van der Waals surface area contributed by atoms with Crippen LogP contribution in [0.15, 0.2) is 0 Å². The average molecular weight is 202 g/mol. The van der Waals surface area contributed by atoms with Gasteiger partial charge in [0.1, 0.15) is 0 Å². The van der Waals surface area contributed by atoms with Gasteiger partial charge in [0.25, 0.3) is 0 Å². The van der Waals surface area contributed by atoms with E-state index in [4.69, 9.17) is 11.5 Å². The monoisotopic (exact) mass is 202 g/mol. The third-order valence-corrected chi connectivity index (χ3v) is 1.57. The Morgan fingerprint density at radius 2 is 1.14 bits per heavy atom. The SMILES string of the molecule is C1CNCCN1.NC(=O)CCC(N)=O. The Labute approximate surface area is 83.4 Å². The maximum Gasteiger partial charge on any atom is 0.217 e. The highest BCUT2D eigenvalue weighted by molar-refractivity contribution is 5.81. The average Bonchev–Trinajstić information content (AvgIpc) is 2.18. The van der Waals surface area contributed by atoms with E-state index in [1.807, 2.05) is 0 Å². The van der Waals surface area contributed by atoms with Gasteiger partial charge in [-0.15, -0.1) is 0 Å². The van der Waals surface area contributed by atoms with E-state index >= 15 is 0 Å². The Hall–Kier alpha value is -1.14. The Morgan fingerprint density at radius 1 is 0.857 bits per heavy atom. The van der Waals surface area contributed by atoms with E-state index in [0.717, 1.165) is 26.2 Å². The van der Waals surface area contributed by atoms with E-state index in [2.05, 4.69) is 10.6 Å². The molecule has 0 unspecified atom stereocenters. The quantitative estimate of drug-likeness (QED) is 0.421. The molecule has 14 heavy (non-hydrogen) atoms. The molecule has 0 aliphatic carbocycles. The number of piperazine rings is 1. The number of hydrogen-bond donors (Lipinski definition) is 4. The molecule has 1 fully saturated rings. The Balaban J connectivity index is 0.000000249. The van der Waals surface area contributed by atoms with Crippen molar-refractivity contribution < 1.29 is 9.59 Å². The zero-order chi connectivity index (χ0) is 10.8. The Kier molecular flexibility index (Phi) is 7.77. The predicted molar refractivity (Wildman–Crippen MR) is 53.4 cm³/mol. The molecule has 0 atom stereocenters.